The van der Waals surface area contributed by atoms with Gasteiger partial charge in [0.25, 0.3) is 0 Å². The van der Waals surface area contributed by atoms with E-state index in [1.807, 2.05) is 60.8 Å². The van der Waals surface area contributed by atoms with E-state index in [0.717, 1.165) is 70.6 Å². The fourth-order valence-electron chi connectivity index (χ4n) is 7.30. The van der Waals surface area contributed by atoms with Crippen LogP contribution in [0.2, 0.25) is 0 Å². The second-order valence-electron chi connectivity index (χ2n) is 17.3. The third-order valence-electron chi connectivity index (χ3n) is 11.4. The molecule has 1 amide bonds. The number of hydrogen-bond acceptors (Lipinski definition) is 10. The third kappa shape index (κ3) is 31.4. The Kier molecular flexibility index (Phi) is 38.9. The molecule has 0 aliphatic carbocycles. The number of allylic oxidation sites excluding steroid dienone is 13. The van der Waals surface area contributed by atoms with Crippen molar-refractivity contribution in [2.75, 3.05) is 13.2 Å². The molecule has 1 heterocycles. The van der Waals surface area contributed by atoms with Crippen LogP contribution in [0, 0.1) is 0 Å². The smallest absolute Gasteiger partial charge is 0.306 e. The molecule has 0 aromatic heterocycles. The molecule has 65 heavy (non-hydrogen) atoms. The van der Waals surface area contributed by atoms with Crippen LogP contribution in [-0.4, -0.2) is 99.6 Å². The van der Waals surface area contributed by atoms with Crippen molar-refractivity contribution in [3.05, 3.63) is 85.1 Å². The Bertz CT molecular complexity index is 1370. The average molecular weight is 914 g/mol. The van der Waals surface area contributed by atoms with Crippen LogP contribution in [0.4, 0.5) is 0 Å². The second kappa shape index (κ2) is 42.2. The number of unbranched alkanes of at least 4 members (excludes halogenated alkanes) is 18. The van der Waals surface area contributed by atoms with Crippen molar-refractivity contribution in [3.8, 4) is 0 Å². The monoisotopic (exact) mass is 914 g/mol. The topological polar surface area (TPSA) is 175 Å². The summed E-state index contributed by atoms with van der Waals surface area (Å²) >= 11 is 0. The quantitative estimate of drug-likeness (QED) is 0.0150. The van der Waals surface area contributed by atoms with Crippen molar-refractivity contribution in [2.24, 2.45) is 0 Å². The van der Waals surface area contributed by atoms with Crippen molar-refractivity contribution in [1.29, 1.82) is 0 Å². The number of aliphatic hydroxyl groups is 5. The lowest BCUT2D eigenvalue weighted by molar-refractivity contribution is -0.305. The van der Waals surface area contributed by atoms with Crippen molar-refractivity contribution < 1.29 is 49.3 Å². The highest BCUT2D eigenvalue weighted by molar-refractivity contribution is 5.80. The predicted molar refractivity (Wildman–Crippen MR) is 264 cm³/mol. The number of carbonyl (C=O) groups is 2. The molecule has 8 unspecified atom stereocenters. The zero-order chi connectivity index (χ0) is 47.6. The lowest BCUT2D eigenvalue weighted by Crippen LogP contribution is -2.61. The van der Waals surface area contributed by atoms with E-state index in [1.54, 1.807) is 6.08 Å². The van der Waals surface area contributed by atoms with Crippen molar-refractivity contribution in [3.63, 3.8) is 0 Å². The highest BCUT2D eigenvalue weighted by Crippen LogP contribution is 2.26. The maximum atomic E-state index is 13.3. The molecule has 6 N–H and O–H groups in total. The minimum atomic E-state index is -1.63. The lowest BCUT2D eigenvalue weighted by Gasteiger charge is -2.41. The van der Waals surface area contributed by atoms with Gasteiger partial charge in [-0.15, -0.1) is 0 Å². The number of carbonyl (C=O) groups excluding carboxylic acids is 2. The van der Waals surface area contributed by atoms with Crippen LogP contribution in [0.1, 0.15) is 181 Å². The van der Waals surface area contributed by atoms with Gasteiger partial charge in [-0.3, -0.25) is 9.59 Å². The molecule has 0 saturated carbocycles. The van der Waals surface area contributed by atoms with Gasteiger partial charge in [0.15, 0.2) is 12.4 Å². The van der Waals surface area contributed by atoms with E-state index in [-0.39, 0.29) is 19.4 Å². The number of amides is 1. The molecular weight excluding hydrogens is 823 g/mol. The molecule has 11 nitrogen and oxygen atoms in total. The van der Waals surface area contributed by atoms with Crippen molar-refractivity contribution >= 4 is 11.9 Å². The Hall–Kier alpha value is -3.16. The van der Waals surface area contributed by atoms with Gasteiger partial charge in [0.1, 0.15) is 24.4 Å². The van der Waals surface area contributed by atoms with E-state index in [4.69, 9.17) is 14.2 Å². The van der Waals surface area contributed by atoms with Gasteiger partial charge in [-0.25, -0.2) is 0 Å². The number of hydrogen-bond donors (Lipinski definition) is 6. The van der Waals surface area contributed by atoms with E-state index >= 15 is 0 Å². The van der Waals surface area contributed by atoms with Crippen LogP contribution < -0.4 is 5.32 Å². The van der Waals surface area contributed by atoms with Crippen LogP contribution in [0.15, 0.2) is 85.1 Å². The first-order valence-electron chi connectivity index (χ1n) is 25.4. The average Bonchev–Trinajstić information content (AvgIpc) is 3.30. The fraction of sp³-hybridized carbons (Fsp3) is 0.704. The van der Waals surface area contributed by atoms with Crippen molar-refractivity contribution in [2.45, 2.75) is 230 Å². The van der Waals surface area contributed by atoms with Crippen LogP contribution in [-0.2, 0) is 23.8 Å². The fourth-order valence-corrected chi connectivity index (χ4v) is 7.30. The van der Waals surface area contributed by atoms with Gasteiger partial charge < -0.3 is 45.1 Å². The van der Waals surface area contributed by atoms with Crippen LogP contribution in [0.25, 0.3) is 0 Å². The summed E-state index contributed by atoms with van der Waals surface area (Å²) in [5, 5.41) is 56.4. The molecule has 0 spiro atoms. The summed E-state index contributed by atoms with van der Waals surface area (Å²) < 4.78 is 17.4. The molecule has 11 heteroatoms. The molecular formula is C54H91NO10. The molecule has 8 atom stereocenters. The standard InChI is InChI=1S/C54H91NO10/c1-4-7-10-13-16-19-22-24-27-28-31-34-37-40-46(57)45(55-53(62)47(58)41-38-35-32-29-26-23-20-17-14-11-8-5-2)44-63-54-52(51(61)50(60)48(43-56)64-54)65-49(59)42-39-36-33-30-25-21-18-15-12-9-6-3/h8,11,14-15,17-18,20,23,26,29,32,35,37,40,45-48,50-52,54,56-58,60-61H,4-7,9-10,12-13,16,19,21-22,24-25,27-28,30-31,33-34,36,38-39,41-44H2,1-3H3,(H,55,62)/b11-8+,17-14+,18-15-,23-20-,29-26-,35-32+,40-37+. The van der Waals surface area contributed by atoms with E-state index in [1.165, 1.54) is 64.2 Å². The van der Waals surface area contributed by atoms with Gasteiger partial charge in [-0.2, -0.15) is 0 Å². The number of nitrogens with one attached hydrogen (secondary N) is 1. The largest absolute Gasteiger partial charge is 0.454 e. The maximum Gasteiger partial charge on any atom is 0.306 e. The van der Waals surface area contributed by atoms with E-state index < -0.39 is 67.4 Å². The molecule has 1 aliphatic rings. The summed E-state index contributed by atoms with van der Waals surface area (Å²) in [6, 6.07) is -1.06. The summed E-state index contributed by atoms with van der Waals surface area (Å²) in [6.45, 7) is 5.50. The van der Waals surface area contributed by atoms with E-state index in [2.05, 4.69) is 44.3 Å². The number of ether oxygens (including phenoxy) is 3. The minimum Gasteiger partial charge on any atom is -0.454 e. The predicted octanol–water partition coefficient (Wildman–Crippen LogP) is 10.3. The summed E-state index contributed by atoms with van der Waals surface area (Å²) in [7, 11) is 0. The SMILES string of the molecule is CC/C=C/C=C/C=C\C=C/C=C/CCC(O)C(=O)NC(COC1OC(CO)C(O)C(O)C1OC(=O)CCCCCCC/C=C\CCCC)C(O)/C=C/CCCCCCCCCCCCC. The molecule has 0 bridgehead atoms. The summed E-state index contributed by atoms with van der Waals surface area (Å²) in [6.07, 6.45) is 42.3. The van der Waals surface area contributed by atoms with Crippen LogP contribution >= 0.6 is 0 Å². The molecule has 0 aromatic carbocycles. The van der Waals surface area contributed by atoms with Gasteiger partial charge in [-0.05, 0) is 57.8 Å². The van der Waals surface area contributed by atoms with Crippen LogP contribution in [0.3, 0.4) is 0 Å². The first kappa shape index (κ1) is 59.9. The first-order chi connectivity index (χ1) is 31.7. The van der Waals surface area contributed by atoms with E-state index in [0.29, 0.717) is 12.8 Å². The summed E-state index contributed by atoms with van der Waals surface area (Å²) in [4.78, 5) is 26.2. The van der Waals surface area contributed by atoms with Gasteiger partial charge in [0.05, 0.1) is 25.4 Å². The molecule has 372 valence electrons. The highest BCUT2D eigenvalue weighted by atomic mass is 16.7. The molecule has 1 rings (SSSR count). The number of rotatable bonds is 40. The first-order valence-corrected chi connectivity index (χ1v) is 25.4. The normalized spacial score (nSPS) is 21.0. The van der Waals surface area contributed by atoms with Gasteiger partial charge in [0, 0.05) is 6.42 Å². The van der Waals surface area contributed by atoms with Gasteiger partial charge in [0.2, 0.25) is 5.91 Å². The maximum absolute atomic E-state index is 13.3. The molecule has 1 saturated heterocycles. The van der Waals surface area contributed by atoms with Crippen LogP contribution in [0.5, 0.6) is 0 Å². The molecule has 1 fully saturated rings. The van der Waals surface area contributed by atoms with Crippen molar-refractivity contribution in [1.82, 2.24) is 5.32 Å². The van der Waals surface area contributed by atoms with Gasteiger partial charge >= 0.3 is 5.97 Å². The Labute approximate surface area is 393 Å². The third-order valence-corrected chi connectivity index (χ3v) is 11.4. The Morgan fingerprint density at radius 2 is 1.14 bits per heavy atom. The number of esters is 1. The second-order valence-corrected chi connectivity index (χ2v) is 17.3. The summed E-state index contributed by atoms with van der Waals surface area (Å²) in [5.74, 6) is -1.29. The Morgan fingerprint density at radius 1 is 0.615 bits per heavy atom. The molecule has 0 aromatic rings. The Balaban J connectivity index is 2.87. The van der Waals surface area contributed by atoms with Gasteiger partial charge in [-0.1, -0.05) is 202 Å². The minimum absolute atomic E-state index is 0.100. The van der Waals surface area contributed by atoms with E-state index in [9.17, 15) is 35.1 Å². The Morgan fingerprint density at radius 3 is 1.72 bits per heavy atom. The zero-order valence-electron chi connectivity index (χ0n) is 40.6. The molecule has 1 aliphatic heterocycles. The summed E-state index contributed by atoms with van der Waals surface area (Å²) in [5.41, 5.74) is 0. The molecule has 0 radical (unpaired) electrons. The lowest BCUT2D eigenvalue weighted by atomic mass is 9.99. The highest BCUT2D eigenvalue weighted by Gasteiger charge is 2.47. The number of aliphatic hydroxyl groups excluding tert-OH is 5. The zero-order valence-corrected chi connectivity index (χ0v) is 40.6.